The van der Waals surface area contributed by atoms with Gasteiger partial charge >= 0.3 is 5.97 Å². The van der Waals surface area contributed by atoms with E-state index in [0.29, 0.717) is 5.56 Å². The molecule has 0 fully saturated rings. The monoisotopic (exact) mass is 295 g/mol. The maximum atomic E-state index is 11.3. The SMILES string of the molecule is COC(=O)c1ccc(NC(C)c2ccc(Cl)s2)cc1. The molecule has 19 heavy (non-hydrogen) atoms. The van der Waals surface area contributed by atoms with Gasteiger partial charge in [0, 0.05) is 10.6 Å². The molecule has 0 aliphatic rings. The number of nitrogens with one attached hydrogen (secondary N) is 1. The number of rotatable bonds is 4. The Hall–Kier alpha value is -1.52. The Morgan fingerprint density at radius 2 is 1.95 bits per heavy atom. The van der Waals surface area contributed by atoms with Gasteiger partial charge in [-0.05, 0) is 43.3 Å². The quantitative estimate of drug-likeness (QED) is 0.852. The molecule has 1 atom stereocenters. The van der Waals surface area contributed by atoms with E-state index in [4.69, 9.17) is 11.6 Å². The Morgan fingerprint density at radius 3 is 2.47 bits per heavy atom. The zero-order valence-electron chi connectivity index (χ0n) is 10.6. The standard InChI is InChI=1S/C14H14ClNO2S/c1-9(12-7-8-13(15)19-12)16-11-5-3-10(4-6-11)14(17)18-2/h3-9,16H,1-2H3. The number of hydrogen-bond donors (Lipinski definition) is 1. The lowest BCUT2D eigenvalue weighted by atomic mass is 10.2. The summed E-state index contributed by atoms with van der Waals surface area (Å²) in [6, 6.07) is 11.3. The van der Waals surface area contributed by atoms with Crippen LogP contribution < -0.4 is 5.32 Å². The van der Waals surface area contributed by atoms with E-state index < -0.39 is 0 Å². The molecule has 2 aromatic rings. The third-order valence-corrected chi connectivity index (χ3v) is 4.12. The molecule has 2 rings (SSSR count). The molecule has 1 aromatic carbocycles. The van der Waals surface area contributed by atoms with Crippen LogP contribution in [0.15, 0.2) is 36.4 Å². The van der Waals surface area contributed by atoms with Crippen molar-refractivity contribution in [1.29, 1.82) is 0 Å². The van der Waals surface area contributed by atoms with Crippen LogP contribution in [0.3, 0.4) is 0 Å². The summed E-state index contributed by atoms with van der Waals surface area (Å²) >= 11 is 7.47. The van der Waals surface area contributed by atoms with Crippen LogP contribution in [0, 0.1) is 0 Å². The highest BCUT2D eigenvalue weighted by molar-refractivity contribution is 7.16. The van der Waals surface area contributed by atoms with Crippen LogP contribution in [-0.4, -0.2) is 13.1 Å². The number of carbonyl (C=O) groups is 1. The first-order valence-electron chi connectivity index (χ1n) is 5.80. The first-order valence-corrected chi connectivity index (χ1v) is 6.99. The molecule has 0 aliphatic heterocycles. The molecule has 1 N–H and O–H groups in total. The first kappa shape index (κ1) is 13.9. The zero-order valence-corrected chi connectivity index (χ0v) is 12.2. The number of thiophene rings is 1. The van der Waals surface area contributed by atoms with Crippen LogP contribution in [0.25, 0.3) is 0 Å². The summed E-state index contributed by atoms with van der Waals surface area (Å²) in [7, 11) is 1.37. The van der Waals surface area contributed by atoms with Crippen LogP contribution in [0.1, 0.15) is 28.2 Å². The van der Waals surface area contributed by atoms with Gasteiger partial charge in [-0.1, -0.05) is 11.6 Å². The van der Waals surface area contributed by atoms with Crippen molar-refractivity contribution >= 4 is 34.6 Å². The highest BCUT2D eigenvalue weighted by Gasteiger charge is 2.09. The van der Waals surface area contributed by atoms with Crippen molar-refractivity contribution in [3.05, 3.63) is 51.2 Å². The summed E-state index contributed by atoms with van der Waals surface area (Å²) in [5.41, 5.74) is 1.49. The number of esters is 1. The Kier molecular flexibility index (Phi) is 4.45. The summed E-state index contributed by atoms with van der Waals surface area (Å²) in [4.78, 5) is 12.5. The van der Waals surface area contributed by atoms with Crippen LogP contribution in [0.2, 0.25) is 4.34 Å². The van der Waals surface area contributed by atoms with Gasteiger partial charge in [0.25, 0.3) is 0 Å². The highest BCUT2D eigenvalue weighted by atomic mass is 35.5. The lowest BCUT2D eigenvalue weighted by molar-refractivity contribution is 0.0601. The van der Waals surface area contributed by atoms with E-state index in [-0.39, 0.29) is 12.0 Å². The molecule has 3 nitrogen and oxygen atoms in total. The van der Waals surface area contributed by atoms with Gasteiger partial charge in [0.15, 0.2) is 0 Å². The fourth-order valence-corrected chi connectivity index (χ4v) is 2.77. The number of halogens is 1. The molecule has 0 radical (unpaired) electrons. The third kappa shape index (κ3) is 3.49. The van der Waals surface area contributed by atoms with Crippen molar-refractivity contribution in [1.82, 2.24) is 0 Å². The predicted molar refractivity (Wildman–Crippen MR) is 79.1 cm³/mol. The number of carbonyl (C=O) groups excluding carboxylic acids is 1. The maximum Gasteiger partial charge on any atom is 0.337 e. The van der Waals surface area contributed by atoms with Crippen molar-refractivity contribution < 1.29 is 9.53 Å². The van der Waals surface area contributed by atoms with E-state index >= 15 is 0 Å². The average molecular weight is 296 g/mol. The van der Waals surface area contributed by atoms with Gasteiger partial charge in [-0.2, -0.15) is 0 Å². The summed E-state index contributed by atoms with van der Waals surface area (Å²) < 4.78 is 5.44. The van der Waals surface area contributed by atoms with Crippen LogP contribution in [0.4, 0.5) is 5.69 Å². The number of methoxy groups -OCH3 is 1. The molecule has 1 heterocycles. The van der Waals surface area contributed by atoms with Crippen LogP contribution in [0.5, 0.6) is 0 Å². The Balaban J connectivity index is 2.05. The van der Waals surface area contributed by atoms with E-state index in [1.165, 1.54) is 12.0 Å². The lowest BCUT2D eigenvalue weighted by Gasteiger charge is -2.13. The molecule has 1 aromatic heterocycles. The summed E-state index contributed by atoms with van der Waals surface area (Å²) in [6.07, 6.45) is 0. The minimum atomic E-state index is -0.329. The smallest absolute Gasteiger partial charge is 0.337 e. The van der Waals surface area contributed by atoms with Gasteiger partial charge in [0.1, 0.15) is 0 Å². The van der Waals surface area contributed by atoms with Gasteiger partial charge in [0.05, 0.1) is 23.1 Å². The second-order valence-electron chi connectivity index (χ2n) is 4.08. The van der Waals surface area contributed by atoms with E-state index in [9.17, 15) is 4.79 Å². The Labute approximate surface area is 121 Å². The second kappa shape index (κ2) is 6.08. The molecule has 5 heteroatoms. The summed E-state index contributed by atoms with van der Waals surface area (Å²) in [5, 5.41) is 3.36. The number of benzene rings is 1. The minimum Gasteiger partial charge on any atom is -0.465 e. The van der Waals surface area contributed by atoms with Gasteiger partial charge < -0.3 is 10.1 Å². The topological polar surface area (TPSA) is 38.3 Å². The zero-order chi connectivity index (χ0) is 13.8. The molecular weight excluding hydrogens is 282 g/mol. The van der Waals surface area contributed by atoms with Crippen molar-refractivity contribution in [2.75, 3.05) is 12.4 Å². The van der Waals surface area contributed by atoms with Crippen LogP contribution >= 0.6 is 22.9 Å². The first-order chi connectivity index (χ1) is 9.10. The fourth-order valence-electron chi connectivity index (χ4n) is 1.70. The van der Waals surface area contributed by atoms with Gasteiger partial charge in [-0.15, -0.1) is 11.3 Å². The number of ether oxygens (including phenoxy) is 1. The highest BCUT2D eigenvalue weighted by Crippen LogP contribution is 2.28. The number of hydrogen-bond acceptors (Lipinski definition) is 4. The molecule has 100 valence electrons. The average Bonchev–Trinajstić information content (AvgIpc) is 2.85. The minimum absolute atomic E-state index is 0.168. The molecular formula is C14H14ClNO2S. The van der Waals surface area contributed by atoms with Gasteiger partial charge in [-0.25, -0.2) is 4.79 Å². The maximum absolute atomic E-state index is 11.3. The van der Waals surface area contributed by atoms with Crippen molar-refractivity contribution in [3.8, 4) is 0 Å². The molecule has 1 unspecified atom stereocenters. The summed E-state index contributed by atoms with van der Waals surface area (Å²) in [6.45, 7) is 2.07. The van der Waals surface area contributed by atoms with Crippen molar-refractivity contribution in [2.24, 2.45) is 0 Å². The predicted octanol–water partition coefficient (Wildman–Crippen LogP) is 4.36. The molecule has 0 amide bonds. The van der Waals surface area contributed by atoms with Crippen LogP contribution in [-0.2, 0) is 4.74 Å². The Morgan fingerprint density at radius 1 is 1.26 bits per heavy atom. The third-order valence-electron chi connectivity index (χ3n) is 2.71. The lowest BCUT2D eigenvalue weighted by Crippen LogP contribution is -2.05. The van der Waals surface area contributed by atoms with E-state index in [2.05, 4.69) is 17.0 Å². The fraction of sp³-hybridized carbons (Fsp3) is 0.214. The van der Waals surface area contributed by atoms with Gasteiger partial charge in [0.2, 0.25) is 0 Å². The number of anilines is 1. The Bertz CT molecular complexity index is 565. The normalized spacial score (nSPS) is 11.9. The van der Waals surface area contributed by atoms with Crippen molar-refractivity contribution in [3.63, 3.8) is 0 Å². The van der Waals surface area contributed by atoms with E-state index in [0.717, 1.165) is 10.0 Å². The van der Waals surface area contributed by atoms with Crippen molar-refractivity contribution in [2.45, 2.75) is 13.0 Å². The largest absolute Gasteiger partial charge is 0.465 e. The molecule has 0 aliphatic carbocycles. The molecule has 0 saturated heterocycles. The second-order valence-corrected chi connectivity index (χ2v) is 5.82. The summed E-state index contributed by atoms with van der Waals surface area (Å²) in [5.74, 6) is -0.329. The van der Waals surface area contributed by atoms with E-state index in [1.807, 2.05) is 24.3 Å². The molecule has 0 spiro atoms. The van der Waals surface area contributed by atoms with Gasteiger partial charge in [-0.3, -0.25) is 0 Å². The van der Waals surface area contributed by atoms with E-state index in [1.54, 1.807) is 23.5 Å². The molecule has 0 bridgehead atoms. The molecule has 0 saturated carbocycles.